The molecule has 3 heterocycles. The van der Waals surface area contributed by atoms with Crippen LogP contribution in [0.2, 0.25) is 0 Å². The molecule has 0 aromatic carbocycles. The largest absolute Gasteiger partial charge is 0.417 e. The van der Waals surface area contributed by atoms with E-state index in [4.69, 9.17) is 0 Å². The summed E-state index contributed by atoms with van der Waals surface area (Å²) in [6.45, 7) is 2.20. The molecule has 7 heteroatoms. The maximum Gasteiger partial charge on any atom is 0.417 e. The van der Waals surface area contributed by atoms with Crippen LogP contribution in [0.3, 0.4) is 0 Å². The van der Waals surface area contributed by atoms with Crippen molar-refractivity contribution in [2.45, 2.75) is 32.0 Å². The molecule has 3 rings (SSSR count). The number of alkyl halides is 3. The fraction of sp³-hybridized carbons (Fsp3) is 0.571. The maximum absolute atomic E-state index is 12.7. The Morgan fingerprint density at radius 3 is 2.52 bits per heavy atom. The average molecular weight is 299 g/mol. The van der Waals surface area contributed by atoms with Crippen LogP contribution in [0.4, 0.5) is 18.0 Å². The third-order valence-corrected chi connectivity index (χ3v) is 4.01. The average Bonchev–Trinajstić information content (AvgIpc) is 2.98. The molecular weight excluding hydrogens is 283 g/mol. The Kier molecular flexibility index (Phi) is 3.51. The lowest BCUT2D eigenvalue weighted by Gasteiger charge is -2.32. The predicted molar refractivity (Wildman–Crippen MR) is 69.6 cm³/mol. The fourth-order valence-electron chi connectivity index (χ4n) is 2.85. The van der Waals surface area contributed by atoms with Crippen molar-refractivity contribution >= 4 is 6.03 Å². The van der Waals surface area contributed by atoms with Crippen LogP contribution in [-0.2, 0) is 19.1 Å². The zero-order valence-corrected chi connectivity index (χ0v) is 11.5. The summed E-state index contributed by atoms with van der Waals surface area (Å²) in [5.41, 5.74) is 0.411. The van der Waals surface area contributed by atoms with Gasteiger partial charge in [0.25, 0.3) is 0 Å². The van der Waals surface area contributed by atoms with Crippen LogP contribution in [0.15, 0.2) is 12.3 Å². The number of amides is 2. The van der Waals surface area contributed by atoms with Crippen molar-refractivity contribution in [3.8, 4) is 0 Å². The Morgan fingerprint density at radius 2 is 1.86 bits per heavy atom. The lowest BCUT2D eigenvalue weighted by Crippen LogP contribution is -2.44. The summed E-state index contributed by atoms with van der Waals surface area (Å²) >= 11 is 0. The molecule has 4 nitrogen and oxygen atoms in total. The molecule has 0 radical (unpaired) electrons. The molecule has 1 aromatic rings. The van der Waals surface area contributed by atoms with Gasteiger partial charge in [0, 0.05) is 44.5 Å². The predicted octanol–water partition coefficient (Wildman–Crippen LogP) is 2.67. The molecule has 1 fully saturated rings. The first-order chi connectivity index (χ1) is 9.95. The van der Waals surface area contributed by atoms with Crippen molar-refractivity contribution < 1.29 is 18.0 Å². The summed E-state index contributed by atoms with van der Waals surface area (Å²) in [5, 5.41) is 0. The number of hydrogen-bond acceptors (Lipinski definition) is 2. The number of aromatic nitrogens is 1. The normalized spacial score (nSPS) is 18.8. The zero-order chi connectivity index (χ0) is 15.0. The summed E-state index contributed by atoms with van der Waals surface area (Å²) in [7, 11) is 0. The van der Waals surface area contributed by atoms with Crippen molar-refractivity contribution in [3.63, 3.8) is 0 Å². The number of halogens is 3. The van der Waals surface area contributed by atoms with Crippen LogP contribution < -0.4 is 0 Å². The number of nitrogens with zero attached hydrogens (tertiary/aromatic N) is 3. The van der Waals surface area contributed by atoms with Crippen molar-refractivity contribution in [1.29, 1.82) is 0 Å². The van der Waals surface area contributed by atoms with Gasteiger partial charge in [-0.05, 0) is 24.5 Å². The van der Waals surface area contributed by atoms with E-state index < -0.39 is 11.7 Å². The van der Waals surface area contributed by atoms with E-state index in [9.17, 15) is 18.0 Å². The number of urea groups is 1. The van der Waals surface area contributed by atoms with E-state index >= 15 is 0 Å². The summed E-state index contributed by atoms with van der Waals surface area (Å²) in [4.78, 5) is 19.6. The van der Waals surface area contributed by atoms with E-state index in [1.807, 2.05) is 0 Å². The maximum atomic E-state index is 12.7. The van der Waals surface area contributed by atoms with Gasteiger partial charge in [-0.25, -0.2) is 4.79 Å². The number of fused-ring (bicyclic) bond motifs is 1. The molecule has 0 saturated carbocycles. The monoisotopic (exact) mass is 299 g/mol. The molecule has 0 aliphatic carbocycles. The molecule has 0 N–H and O–H groups in total. The minimum atomic E-state index is -4.40. The van der Waals surface area contributed by atoms with Gasteiger partial charge in [-0.3, -0.25) is 4.98 Å². The Morgan fingerprint density at radius 1 is 1.14 bits per heavy atom. The summed E-state index contributed by atoms with van der Waals surface area (Å²) in [6, 6.07) is 1.04. The molecule has 114 valence electrons. The van der Waals surface area contributed by atoms with Gasteiger partial charge in [-0.1, -0.05) is 0 Å². The quantitative estimate of drug-likeness (QED) is 0.738. The molecular formula is C14H16F3N3O. The van der Waals surface area contributed by atoms with Crippen LogP contribution in [-0.4, -0.2) is 40.4 Å². The smallest absolute Gasteiger partial charge is 0.325 e. The van der Waals surface area contributed by atoms with Gasteiger partial charge in [-0.2, -0.15) is 13.2 Å². The van der Waals surface area contributed by atoms with Gasteiger partial charge in [-0.15, -0.1) is 0 Å². The van der Waals surface area contributed by atoms with Crippen molar-refractivity contribution in [3.05, 3.63) is 29.1 Å². The second-order valence-corrected chi connectivity index (χ2v) is 5.48. The van der Waals surface area contributed by atoms with Gasteiger partial charge in [0.1, 0.15) is 0 Å². The van der Waals surface area contributed by atoms with E-state index in [2.05, 4.69) is 4.98 Å². The highest BCUT2D eigenvalue weighted by Gasteiger charge is 2.33. The third-order valence-electron chi connectivity index (χ3n) is 4.01. The molecule has 2 aliphatic rings. The standard InChI is InChI=1S/C14H16F3N3O/c15-14(16,17)11-7-10-9-20(6-3-12(10)18-8-11)13(21)19-4-1-2-5-19/h7-8H,1-6,9H2. The fourth-order valence-corrected chi connectivity index (χ4v) is 2.85. The highest BCUT2D eigenvalue weighted by molar-refractivity contribution is 5.75. The van der Waals surface area contributed by atoms with E-state index in [1.54, 1.807) is 9.80 Å². The van der Waals surface area contributed by atoms with Gasteiger partial charge in [0.15, 0.2) is 0 Å². The zero-order valence-electron chi connectivity index (χ0n) is 11.5. The highest BCUT2D eigenvalue weighted by atomic mass is 19.4. The minimum absolute atomic E-state index is 0.0736. The molecule has 2 amide bonds. The van der Waals surface area contributed by atoms with Gasteiger partial charge in [0.05, 0.1) is 5.56 Å². The summed E-state index contributed by atoms with van der Waals surface area (Å²) in [5.74, 6) is 0. The summed E-state index contributed by atoms with van der Waals surface area (Å²) in [6.07, 6.45) is -1.03. The SMILES string of the molecule is O=C(N1CCCC1)N1CCc2ncc(C(F)(F)F)cc2C1. The first kappa shape index (κ1) is 14.2. The minimum Gasteiger partial charge on any atom is -0.325 e. The molecule has 0 atom stereocenters. The van der Waals surface area contributed by atoms with Gasteiger partial charge < -0.3 is 9.80 Å². The Balaban J connectivity index is 1.79. The highest BCUT2D eigenvalue weighted by Crippen LogP contribution is 2.31. The van der Waals surface area contributed by atoms with Crippen LogP contribution in [0.25, 0.3) is 0 Å². The molecule has 1 aromatic heterocycles. The molecule has 1 saturated heterocycles. The lowest BCUT2D eigenvalue weighted by atomic mass is 10.0. The van der Waals surface area contributed by atoms with E-state index in [-0.39, 0.29) is 12.6 Å². The lowest BCUT2D eigenvalue weighted by molar-refractivity contribution is -0.137. The number of rotatable bonds is 0. The van der Waals surface area contributed by atoms with Crippen LogP contribution >= 0.6 is 0 Å². The number of carbonyl (C=O) groups excluding carboxylic acids is 1. The second kappa shape index (κ2) is 5.20. The Labute approximate surface area is 120 Å². The molecule has 21 heavy (non-hydrogen) atoms. The molecule has 0 unspecified atom stereocenters. The number of hydrogen-bond donors (Lipinski definition) is 0. The van der Waals surface area contributed by atoms with Crippen molar-refractivity contribution in [1.82, 2.24) is 14.8 Å². The second-order valence-electron chi connectivity index (χ2n) is 5.48. The Hall–Kier alpha value is -1.79. The molecule has 0 bridgehead atoms. The van der Waals surface area contributed by atoms with Crippen molar-refractivity contribution in [2.24, 2.45) is 0 Å². The van der Waals surface area contributed by atoms with E-state index in [0.717, 1.165) is 38.2 Å². The molecule has 0 spiro atoms. The topological polar surface area (TPSA) is 36.4 Å². The number of carbonyl (C=O) groups is 1. The van der Waals surface area contributed by atoms with Crippen LogP contribution in [0.1, 0.15) is 29.7 Å². The summed E-state index contributed by atoms with van der Waals surface area (Å²) < 4.78 is 38.2. The van der Waals surface area contributed by atoms with Crippen molar-refractivity contribution in [2.75, 3.05) is 19.6 Å². The van der Waals surface area contributed by atoms with Gasteiger partial charge in [0.2, 0.25) is 0 Å². The first-order valence-corrected chi connectivity index (χ1v) is 7.04. The molecule has 2 aliphatic heterocycles. The van der Waals surface area contributed by atoms with E-state index in [1.165, 1.54) is 0 Å². The van der Waals surface area contributed by atoms with E-state index in [0.29, 0.717) is 24.2 Å². The third kappa shape index (κ3) is 2.82. The first-order valence-electron chi connectivity index (χ1n) is 7.04. The van der Waals surface area contributed by atoms with Crippen LogP contribution in [0, 0.1) is 0 Å². The van der Waals surface area contributed by atoms with Gasteiger partial charge >= 0.3 is 12.2 Å². The van der Waals surface area contributed by atoms with Crippen LogP contribution in [0.5, 0.6) is 0 Å². The number of likely N-dealkylation sites (tertiary alicyclic amines) is 1. The number of pyridine rings is 1. The Bertz CT molecular complexity index is 553.